The monoisotopic (exact) mass is 439 g/mol. The molecule has 0 spiro atoms. The van der Waals surface area contributed by atoms with Crippen LogP contribution < -0.4 is 5.32 Å². The van der Waals surface area contributed by atoms with Crippen molar-refractivity contribution < 1.29 is 18.4 Å². The first-order valence-corrected chi connectivity index (χ1v) is 11.1. The number of furan rings is 2. The molecule has 1 fully saturated rings. The predicted octanol–water partition coefficient (Wildman–Crippen LogP) is 4.97. The molecule has 0 radical (unpaired) electrons. The van der Waals surface area contributed by atoms with Crippen LogP contribution in [0.2, 0.25) is 0 Å². The molecule has 7 nitrogen and oxygen atoms in total. The van der Waals surface area contributed by atoms with Gasteiger partial charge in [-0.15, -0.1) is 11.3 Å². The fourth-order valence-corrected chi connectivity index (χ4v) is 5.16. The molecule has 0 bridgehead atoms. The van der Waals surface area contributed by atoms with Gasteiger partial charge in [-0.25, -0.2) is 4.98 Å². The molecule has 1 aliphatic rings. The second kappa shape index (κ2) is 7.92. The maximum absolute atomic E-state index is 13.0. The van der Waals surface area contributed by atoms with Crippen molar-refractivity contribution in [3.8, 4) is 22.1 Å². The summed E-state index contributed by atoms with van der Waals surface area (Å²) in [4.78, 5) is 33.4. The number of anilines is 1. The van der Waals surface area contributed by atoms with Crippen LogP contribution in [0.15, 0.2) is 63.1 Å². The van der Waals surface area contributed by atoms with E-state index in [9.17, 15) is 9.59 Å². The van der Waals surface area contributed by atoms with Crippen molar-refractivity contribution in [3.05, 3.63) is 59.2 Å². The Balaban J connectivity index is 1.40. The SMILES string of the molecule is O=C(Nc1nc(-c2ccco2)c(-c2ccco2)s1)[C@@H]1CCCN1C(=O)c1cccs1. The van der Waals surface area contributed by atoms with E-state index in [1.165, 1.54) is 22.7 Å². The Kier molecular flexibility index (Phi) is 4.97. The van der Waals surface area contributed by atoms with Gasteiger partial charge in [0, 0.05) is 6.54 Å². The van der Waals surface area contributed by atoms with Crippen LogP contribution in [-0.4, -0.2) is 34.3 Å². The quantitative estimate of drug-likeness (QED) is 0.474. The van der Waals surface area contributed by atoms with Crippen molar-refractivity contribution in [3.63, 3.8) is 0 Å². The number of amides is 2. The molecular formula is C21H17N3O4S2. The van der Waals surface area contributed by atoms with E-state index >= 15 is 0 Å². The first-order valence-electron chi connectivity index (χ1n) is 9.44. The van der Waals surface area contributed by atoms with Crippen molar-refractivity contribution in [1.82, 2.24) is 9.88 Å². The third-order valence-corrected chi connectivity index (χ3v) is 6.75. The molecule has 1 atom stereocenters. The maximum Gasteiger partial charge on any atom is 0.264 e. The van der Waals surface area contributed by atoms with Gasteiger partial charge in [-0.05, 0) is 48.6 Å². The fourth-order valence-electron chi connectivity index (χ4n) is 3.54. The zero-order chi connectivity index (χ0) is 20.5. The molecule has 9 heteroatoms. The molecule has 0 aliphatic carbocycles. The largest absolute Gasteiger partial charge is 0.463 e. The van der Waals surface area contributed by atoms with Crippen molar-refractivity contribution in [2.45, 2.75) is 18.9 Å². The van der Waals surface area contributed by atoms with Crippen molar-refractivity contribution in [2.24, 2.45) is 0 Å². The van der Waals surface area contributed by atoms with Gasteiger partial charge in [0.2, 0.25) is 5.91 Å². The number of aromatic nitrogens is 1. The number of thiophene rings is 1. The van der Waals surface area contributed by atoms with Gasteiger partial charge >= 0.3 is 0 Å². The summed E-state index contributed by atoms with van der Waals surface area (Å²) in [5.74, 6) is 0.903. The van der Waals surface area contributed by atoms with Crippen LogP contribution in [-0.2, 0) is 4.79 Å². The molecule has 152 valence electrons. The third-order valence-electron chi connectivity index (χ3n) is 4.91. The molecule has 0 saturated carbocycles. The minimum atomic E-state index is -0.511. The van der Waals surface area contributed by atoms with Gasteiger partial charge in [-0.3, -0.25) is 9.59 Å². The van der Waals surface area contributed by atoms with Crippen molar-refractivity contribution >= 4 is 39.6 Å². The first kappa shape index (κ1) is 18.8. The van der Waals surface area contributed by atoms with Crippen LogP contribution in [0.3, 0.4) is 0 Å². The standard InChI is InChI=1S/C21H17N3O4S2/c25-19(13-5-1-9-24(13)20(26)16-8-4-12-29-16)23-21-22-17(14-6-2-10-27-14)18(30-21)15-7-3-11-28-15/h2-4,6-8,10-13H,1,5,9H2,(H,22,23,25)/t13-/m0/s1. The highest BCUT2D eigenvalue weighted by atomic mass is 32.1. The summed E-state index contributed by atoms with van der Waals surface area (Å²) < 4.78 is 11.0. The molecular weight excluding hydrogens is 422 g/mol. The van der Waals surface area contributed by atoms with Gasteiger partial charge in [0.05, 0.1) is 17.4 Å². The molecule has 2 amide bonds. The first-order chi connectivity index (χ1) is 14.7. The molecule has 0 aromatic carbocycles. The van der Waals surface area contributed by atoms with E-state index in [2.05, 4.69) is 10.3 Å². The van der Waals surface area contributed by atoms with Gasteiger partial charge in [-0.1, -0.05) is 17.4 Å². The lowest BCUT2D eigenvalue weighted by molar-refractivity contribution is -0.119. The minimum Gasteiger partial charge on any atom is -0.463 e. The number of rotatable bonds is 5. The number of carbonyl (C=O) groups is 2. The number of hydrogen-bond donors (Lipinski definition) is 1. The summed E-state index contributed by atoms with van der Waals surface area (Å²) in [5.41, 5.74) is 0.605. The topological polar surface area (TPSA) is 88.6 Å². The highest BCUT2D eigenvalue weighted by molar-refractivity contribution is 7.19. The van der Waals surface area contributed by atoms with Crippen LogP contribution in [0, 0.1) is 0 Å². The van der Waals surface area contributed by atoms with E-state index in [0.717, 1.165) is 11.3 Å². The van der Waals surface area contributed by atoms with E-state index in [1.54, 1.807) is 35.6 Å². The normalized spacial score (nSPS) is 16.1. The van der Waals surface area contributed by atoms with E-state index in [-0.39, 0.29) is 11.8 Å². The van der Waals surface area contributed by atoms with Gasteiger partial charge in [-0.2, -0.15) is 0 Å². The summed E-state index contributed by atoms with van der Waals surface area (Å²) in [7, 11) is 0. The summed E-state index contributed by atoms with van der Waals surface area (Å²) in [6.45, 7) is 0.571. The Hall–Kier alpha value is -3.17. The van der Waals surface area contributed by atoms with E-state index in [0.29, 0.717) is 40.2 Å². The Morgan fingerprint density at radius 2 is 1.90 bits per heavy atom. The lowest BCUT2D eigenvalue weighted by Gasteiger charge is -2.22. The molecule has 1 N–H and O–H groups in total. The predicted molar refractivity (Wildman–Crippen MR) is 115 cm³/mol. The molecule has 4 aromatic heterocycles. The molecule has 1 aliphatic heterocycles. The van der Waals surface area contributed by atoms with E-state index in [4.69, 9.17) is 8.83 Å². The number of likely N-dealkylation sites (tertiary alicyclic amines) is 1. The average molecular weight is 440 g/mol. The summed E-state index contributed by atoms with van der Waals surface area (Å²) in [6.07, 6.45) is 4.59. The van der Waals surface area contributed by atoms with Gasteiger partial charge in [0.15, 0.2) is 10.9 Å². The summed E-state index contributed by atoms with van der Waals surface area (Å²) in [6, 6.07) is 10.3. The summed E-state index contributed by atoms with van der Waals surface area (Å²) >= 11 is 2.70. The zero-order valence-corrected chi connectivity index (χ0v) is 17.4. The average Bonchev–Trinajstić information content (AvgIpc) is 3.55. The maximum atomic E-state index is 13.0. The van der Waals surface area contributed by atoms with Gasteiger partial charge < -0.3 is 19.1 Å². The lowest BCUT2D eigenvalue weighted by atomic mass is 10.2. The van der Waals surface area contributed by atoms with E-state index in [1.807, 2.05) is 23.6 Å². The molecule has 4 aromatic rings. The van der Waals surface area contributed by atoms with Crippen LogP contribution in [0.5, 0.6) is 0 Å². The van der Waals surface area contributed by atoms with Crippen LogP contribution >= 0.6 is 22.7 Å². The number of carbonyl (C=O) groups excluding carboxylic acids is 2. The molecule has 5 rings (SSSR count). The number of nitrogens with one attached hydrogen (secondary N) is 1. The van der Waals surface area contributed by atoms with Gasteiger partial charge in [0.1, 0.15) is 22.4 Å². The Labute approximate surface area is 180 Å². The lowest BCUT2D eigenvalue weighted by Crippen LogP contribution is -2.42. The smallest absolute Gasteiger partial charge is 0.264 e. The Morgan fingerprint density at radius 3 is 2.60 bits per heavy atom. The highest BCUT2D eigenvalue weighted by Crippen LogP contribution is 2.39. The van der Waals surface area contributed by atoms with Crippen LogP contribution in [0.4, 0.5) is 5.13 Å². The Bertz CT molecular complexity index is 1100. The molecule has 5 heterocycles. The number of nitrogens with zero attached hydrogens (tertiary/aromatic N) is 2. The van der Waals surface area contributed by atoms with Crippen molar-refractivity contribution in [2.75, 3.05) is 11.9 Å². The number of thiazole rings is 1. The third kappa shape index (κ3) is 3.46. The molecule has 0 unspecified atom stereocenters. The van der Waals surface area contributed by atoms with Crippen molar-refractivity contribution in [1.29, 1.82) is 0 Å². The second-order valence-electron chi connectivity index (χ2n) is 6.77. The molecule has 1 saturated heterocycles. The van der Waals surface area contributed by atoms with Crippen LogP contribution in [0.25, 0.3) is 22.1 Å². The second-order valence-corrected chi connectivity index (χ2v) is 8.72. The zero-order valence-electron chi connectivity index (χ0n) is 15.7. The minimum absolute atomic E-state index is 0.102. The highest BCUT2D eigenvalue weighted by Gasteiger charge is 2.35. The van der Waals surface area contributed by atoms with E-state index < -0.39 is 6.04 Å². The van der Waals surface area contributed by atoms with Gasteiger partial charge in [0.25, 0.3) is 5.91 Å². The molecule has 30 heavy (non-hydrogen) atoms. The fraction of sp³-hybridized carbons (Fsp3) is 0.190. The number of hydrogen-bond acceptors (Lipinski definition) is 7. The van der Waals surface area contributed by atoms with Crippen LogP contribution in [0.1, 0.15) is 22.5 Å². The summed E-state index contributed by atoms with van der Waals surface area (Å²) in [5, 5.41) is 5.19. The Morgan fingerprint density at radius 1 is 1.10 bits per heavy atom.